The molecule has 23 heavy (non-hydrogen) atoms. The average Bonchev–Trinajstić information content (AvgIpc) is 3.26. The molecule has 0 aromatic carbocycles. The fourth-order valence-corrected chi connectivity index (χ4v) is 2.68. The number of hydrogen-bond donors (Lipinski definition) is 1. The van der Waals surface area contributed by atoms with Gasteiger partial charge in [0.15, 0.2) is 5.82 Å². The predicted molar refractivity (Wildman–Crippen MR) is 83.6 cm³/mol. The normalized spacial score (nSPS) is 10.8. The van der Waals surface area contributed by atoms with E-state index in [2.05, 4.69) is 20.4 Å². The van der Waals surface area contributed by atoms with Crippen LogP contribution in [-0.2, 0) is 17.8 Å². The number of oxazole rings is 1. The highest BCUT2D eigenvalue weighted by Crippen LogP contribution is 2.23. The molecule has 0 bridgehead atoms. The van der Waals surface area contributed by atoms with Crippen molar-refractivity contribution in [3.8, 4) is 10.8 Å². The van der Waals surface area contributed by atoms with Gasteiger partial charge in [-0.3, -0.25) is 4.79 Å². The minimum atomic E-state index is -0.0399. The average molecular weight is 332 g/mol. The third-order valence-electron chi connectivity index (χ3n) is 3.11. The van der Waals surface area contributed by atoms with E-state index in [1.165, 1.54) is 0 Å². The molecule has 7 nitrogen and oxygen atoms in total. The van der Waals surface area contributed by atoms with E-state index >= 15 is 0 Å². The van der Waals surface area contributed by atoms with Crippen LogP contribution in [0, 0.1) is 6.92 Å². The molecule has 1 amide bonds. The molecule has 3 heterocycles. The summed E-state index contributed by atoms with van der Waals surface area (Å²) in [7, 11) is 0. The maximum Gasteiger partial charge on any atom is 0.236 e. The Morgan fingerprint density at radius 2 is 2.30 bits per heavy atom. The Morgan fingerprint density at radius 3 is 3.04 bits per heavy atom. The Balaban J connectivity index is 1.40. The van der Waals surface area contributed by atoms with E-state index in [1.807, 2.05) is 17.5 Å². The van der Waals surface area contributed by atoms with Crippen molar-refractivity contribution in [1.29, 1.82) is 0 Å². The summed E-state index contributed by atoms with van der Waals surface area (Å²) >= 11 is 1.56. The lowest BCUT2D eigenvalue weighted by molar-refractivity contribution is -0.121. The standard InChI is InChI=1S/C15H16N4O3S/c1-10-17-14(22-19-10)6-2-5-13(20)16-8-11-9-21-15(18-11)12-4-3-7-23-12/h3-4,7,9H,2,5-6,8H2,1H3,(H,16,20). The molecular formula is C15H16N4O3S. The van der Waals surface area contributed by atoms with Crippen LogP contribution in [0.4, 0.5) is 0 Å². The second-order valence-electron chi connectivity index (χ2n) is 4.99. The molecule has 0 radical (unpaired) electrons. The van der Waals surface area contributed by atoms with Crippen LogP contribution in [0.15, 0.2) is 32.7 Å². The highest BCUT2D eigenvalue weighted by atomic mass is 32.1. The van der Waals surface area contributed by atoms with E-state index in [9.17, 15) is 4.79 Å². The van der Waals surface area contributed by atoms with Gasteiger partial charge in [-0.05, 0) is 24.8 Å². The monoisotopic (exact) mass is 332 g/mol. The maximum absolute atomic E-state index is 11.8. The van der Waals surface area contributed by atoms with Gasteiger partial charge in [0.1, 0.15) is 6.26 Å². The third kappa shape index (κ3) is 4.26. The Bertz CT molecular complexity index is 763. The summed E-state index contributed by atoms with van der Waals surface area (Å²) in [4.78, 5) is 21.2. The van der Waals surface area contributed by atoms with Gasteiger partial charge in [-0.25, -0.2) is 4.98 Å². The minimum absolute atomic E-state index is 0.0399. The van der Waals surface area contributed by atoms with E-state index in [0.717, 1.165) is 4.88 Å². The number of rotatable bonds is 7. The largest absolute Gasteiger partial charge is 0.443 e. The molecule has 120 valence electrons. The van der Waals surface area contributed by atoms with Crippen molar-refractivity contribution in [3.05, 3.63) is 41.2 Å². The van der Waals surface area contributed by atoms with Crippen molar-refractivity contribution in [2.24, 2.45) is 0 Å². The lowest BCUT2D eigenvalue weighted by Gasteiger charge is -2.01. The second kappa shape index (κ2) is 7.19. The van der Waals surface area contributed by atoms with Crippen molar-refractivity contribution >= 4 is 17.2 Å². The number of thiophene rings is 1. The van der Waals surface area contributed by atoms with E-state index in [1.54, 1.807) is 24.5 Å². The highest BCUT2D eigenvalue weighted by Gasteiger charge is 2.09. The van der Waals surface area contributed by atoms with Crippen molar-refractivity contribution in [2.75, 3.05) is 0 Å². The minimum Gasteiger partial charge on any atom is -0.443 e. The first-order valence-corrected chi connectivity index (χ1v) is 8.13. The van der Waals surface area contributed by atoms with E-state index < -0.39 is 0 Å². The van der Waals surface area contributed by atoms with Crippen LogP contribution in [0.1, 0.15) is 30.3 Å². The van der Waals surface area contributed by atoms with Gasteiger partial charge >= 0.3 is 0 Å². The lowest BCUT2D eigenvalue weighted by Crippen LogP contribution is -2.22. The molecule has 3 aromatic heterocycles. The summed E-state index contributed by atoms with van der Waals surface area (Å²) in [5.74, 6) is 1.71. The van der Waals surface area contributed by atoms with Crippen molar-refractivity contribution in [3.63, 3.8) is 0 Å². The van der Waals surface area contributed by atoms with Crippen LogP contribution in [0.3, 0.4) is 0 Å². The molecule has 0 aliphatic heterocycles. The molecule has 1 N–H and O–H groups in total. The summed E-state index contributed by atoms with van der Waals surface area (Å²) in [6.45, 7) is 2.12. The Hall–Kier alpha value is -2.48. The quantitative estimate of drug-likeness (QED) is 0.715. The molecule has 0 atom stereocenters. The number of amides is 1. The molecule has 0 aliphatic rings. The maximum atomic E-state index is 11.8. The van der Waals surface area contributed by atoms with Crippen LogP contribution in [0.2, 0.25) is 0 Å². The first-order valence-electron chi connectivity index (χ1n) is 7.25. The smallest absolute Gasteiger partial charge is 0.236 e. The van der Waals surface area contributed by atoms with Crippen LogP contribution in [-0.4, -0.2) is 21.0 Å². The van der Waals surface area contributed by atoms with Crippen LogP contribution in [0.25, 0.3) is 10.8 Å². The van der Waals surface area contributed by atoms with Gasteiger partial charge in [0, 0.05) is 12.8 Å². The molecule has 0 unspecified atom stereocenters. The van der Waals surface area contributed by atoms with Gasteiger partial charge in [-0.1, -0.05) is 11.2 Å². The molecule has 3 rings (SSSR count). The number of hydrogen-bond acceptors (Lipinski definition) is 7. The third-order valence-corrected chi connectivity index (χ3v) is 3.97. The van der Waals surface area contributed by atoms with Crippen molar-refractivity contribution in [2.45, 2.75) is 32.7 Å². The number of carbonyl (C=O) groups excluding carboxylic acids is 1. The lowest BCUT2D eigenvalue weighted by atomic mass is 10.2. The summed E-state index contributed by atoms with van der Waals surface area (Å²) < 4.78 is 10.4. The predicted octanol–water partition coefficient (Wildman–Crippen LogP) is 2.73. The summed E-state index contributed by atoms with van der Waals surface area (Å²) in [5, 5.41) is 8.50. The topological polar surface area (TPSA) is 94.1 Å². The van der Waals surface area contributed by atoms with E-state index in [0.29, 0.717) is 49.1 Å². The number of nitrogens with one attached hydrogen (secondary N) is 1. The molecule has 3 aromatic rings. The molecular weight excluding hydrogens is 316 g/mol. The molecule has 0 fully saturated rings. The first kappa shape index (κ1) is 15.4. The van der Waals surface area contributed by atoms with Crippen LogP contribution >= 0.6 is 11.3 Å². The highest BCUT2D eigenvalue weighted by molar-refractivity contribution is 7.13. The SMILES string of the molecule is Cc1noc(CCCC(=O)NCc2coc(-c3cccs3)n2)n1. The van der Waals surface area contributed by atoms with E-state index in [4.69, 9.17) is 8.94 Å². The van der Waals surface area contributed by atoms with Gasteiger partial charge in [0.05, 0.1) is 17.1 Å². The molecule has 0 saturated carbocycles. The second-order valence-corrected chi connectivity index (χ2v) is 5.93. The number of carbonyl (C=O) groups is 1. The summed E-state index contributed by atoms with van der Waals surface area (Å²) in [6, 6.07) is 3.88. The van der Waals surface area contributed by atoms with Crippen LogP contribution in [0.5, 0.6) is 0 Å². The fraction of sp³-hybridized carbons (Fsp3) is 0.333. The Kier molecular flexibility index (Phi) is 4.82. The molecule has 8 heteroatoms. The number of aryl methyl sites for hydroxylation is 2. The summed E-state index contributed by atoms with van der Waals surface area (Å²) in [5.41, 5.74) is 0.703. The Morgan fingerprint density at radius 1 is 1.39 bits per heavy atom. The first-order chi connectivity index (χ1) is 11.2. The van der Waals surface area contributed by atoms with Gasteiger partial charge in [-0.2, -0.15) is 4.98 Å². The number of aromatic nitrogens is 3. The molecule has 0 saturated heterocycles. The molecule has 0 spiro atoms. The Labute approximate surface area is 136 Å². The van der Waals surface area contributed by atoms with Crippen molar-refractivity contribution in [1.82, 2.24) is 20.4 Å². The zero-order chi connectivity index (χ0) is 16.1. The summed E-state index contributed by atoms with van der Waals surface area (Å²) in [6.07, 6.45) is 3.22. The van der Waals surface area contributed by atoms with Gasteiger partial charge in [-0.15, -0.1) is 11.3 Å². The van der Waals surface area contributed by atoms with Crippen molar-refractivity contribution < 1.29 is 13.7 Å². The molecule has 0 aliphatic carbocycles. The van der Waals surface area contributed by atoms with Crippen LogP contribution < -0.4 is 5.32 Å². The van der Waals surface area contributed by atoms with Gasteiger partial charge in [0.25, 0.3) is 0 Å². The fourth-order valence-electron chi connectivity index (χ4n) is 2.02. The van der Waals surface area contributed by atoms with E-state index in [-0.39, 0.29) is 5.91 Å². The van der Waals surface area contributed by atoms with Gasteiger partial charge in [0.2, 0.25) is 17.7 Å². The number of nitrogens with zero attached hydrogens (tertiary/aromatic N) is 3. The van der Waals surface area contributed by atoms with Gasteiger partial charge < -0.3 is 14.3 Å². The zero-order valence-electron chi connectivity index (χ0n) is 12.6. The zero-order valence-corrected chi connectivity index (χ0v) is 13.4.